The summed E-state index contributed by atoms with van der Waals surface area (Å²) < 4.78 is 29.8. The molecule has 5 nitrogen and oxygen atoms in total. The first-order chi connectivity index (χ1) is 20.5. The van der Waals surface area contributed by atoms with Crippen molar-refractivity contribution in [1.29, 1.82) is 0 Å². The first-order valence-corrected chi connectivity index (χ1v) is 14.4. The van der Waals surface area contributed by atoms with Crippen LogP contribution in [0.3, 0.4) is 0 Å². The van der Waals surface area contributed by atoms with Gasteiger partial charge in [-0.1, -0.05) is 32.9 Å². The van der Waals surface area contributed by atoms with E-state index in [1.807, 2.05) is 130 Å². The minimum Gasteiger partial charge on any atom is -0.488 e. The van der Waals surface area contributed by atoms with E-state index in [-0.39, 0.29) is 11.0 Å². The summed E-state index contributed by atoms with van der Waals surface area (Å²) in [5.74, 6) is 6.65. The van der Waals surface area contributed by atoms with Crippen LogP contribution >= 0.6 is 0 Å². The molecule has 0 radical (unpaired) electrons. The molecule has 0 saturated carbocycles. The molecule has 0 aromatic heterocycles. The van der Waals surface area contributed by atoms with Crippen LogP contribution in [0.1, 0.15) is 47.1 Å². The molecule has 0 saturated heterocycles. The van der Waals surface area contributed by atoms with E-state index in [1.165, 1.54) is 5.56 Å². The van der Waals surface area contributed by atoms with Gasteiger partial charge in [0.15, 0.2) is 0 Å². The number of benzene rings is 5. The first-order valence-electron chi connectivity index (χ1n) is 14.4. The molecular formula is C38H38O5. The van der Waals surface area contributed by atoms with Gasteiger partial charge in [0.2, 0.25) is 0 Å². The second-order valence-corrected chi connectivity index (χ2v) is 12.3. The summed E-state index contributed by atoms with van der Waals surface area (Å²) in [7, 11) is 0. The Kier molecular flexibility index (Phi) is 8.63. The van der Waals surface area contributed by atoms with Crippen LogP contribution in [0.4, 0.5) is 0 Å². The van der Waals surface area contributed by atoms with Crippen LogP contribution in [0.5, 0.6) is 51.7 Å². The fourth-order valence-electron chi connectivity index (χ4n) is 4.22. The summed E-state index contributed by atoms with van der Waals surface area (Å²) >= 11 is 0. The quantitative estimate of drug-likeness (QED) is 0.175. The second-order valence-electron chi connectivity index (χ2n) is 12.3. The highest BCUT2D eigenvalue weighted by Crippen LogP contribution is 2.32. The van der Waals surface area contributed by atoms with Gasteiger partial charge in [-0.2, -0.15) is 0 Å². The lowest BCUT2D eigenvalue weighted by atomic mass is 9.87. The highest BCUT2D eigenvalue weighted by Gasteiger charge is 2.13. The lowest BCUT2D eigenvalue weighted by Crippen LogP contribution is -2.22. The average Bonchev–Trinajstić information content (AvgIpc) is 2.96. The summed E-state index contributed by atoms with van der Waals surface area (Å²) in [6, 6.07) is 38.4. The summed E-state index contributed by atoms with van der Waals surface area (Å²) in [6.45, 7) is 12.7. The summed E-state index contributed by atoms with van der Waals surface area (Å²) in [5.41, 5.74) is 1.14. The van der Waals surface area contributed by atoms with Gasteiger partial charge in [0.25, 0.3) is 0 Å². The molecule has 5 heteroatoms. The Morgan fingerprint density at radius 2 is 0.512 bits per heavy atom. The van der Waals surface area contributed by atoms with Crippen molar-refractivity contribution in [3.8, 4) is 51.7 Å². The molecule has 43 heavy (non-hydrogen) atoms. The molecule has 5 rings (SSSR count). The van der Waals surface area contributed by atoms with Crippen LogP contribution in [-0.2, 0) is 5.41 Å². The lowest BCUT2D eigenvalue weighted by molar-refractivity contribution is 0.131. The Hall–Kier alpha value is -4.90. The van der Waals surface area contributed by atoms with Crippen LogP contribution in [0.15, 0.2) is 121 Å². The normalized spacial score (nSPS) is 11.5. The summed E-state index contributed by atoms with van der Waals surface area (Å²) in [5, 5.41) is 0. The minimum absolute atomic E-state index is 0.111. The second kappa shape index (κ2) is 12.5. The van der Waals surface area contributed by atoms with Crippen LogP contribution in [-0.4, -0.2) is 5.60 Å². The fourth-order valence-corrected chi connectivity index (χ4v) is 4.22. The van der Waals surface area contributed by atoms with E-state index < -0.39 is 0 Å². The molecule has 0 fully saturated rings. The third-order valence-corrected chi connectivity index (χ3v) is 6.38. The molecule has 0 aliphatic carbocycles. The van der Waals surface area contributed by atoms with Gasteiger partial charge in [-0.05, 0) is 141 Å². The molecule has 0 amide bonds. The average molecular weight is 575 g/mol. The van der Waals surface area contributed by atoms with E-state index >= 15 is 0 Å². The van der Waals surface area contributed by atoms with Crippen molar-refractivity contribution < 1.29 is 23.7 Å². The van der Waals surface area contributed by atoms with Crippen LogP contribution in [0.2, 0.25) is 0 Å². The molecule has 0 aliphatic heterocycles. The molecule has 220 valence electrons. The predicted octanol–water partition coefficient (Wildman–Crippen LogP) is 11.3. The molecule has 5 aromatic carbocycles. The largest absolute Gasteiger partial charge is 0.488 e. The van der Waals surface area contributed by atoms with E-state index in [1.54, 1.807) is 0 Å². The molecular weight excluding hydrogens is 536 g/mol. The SMILES string of the molecule is CC(C)(C)Oc1ccc(Oc2ccc(Oc3ccc(Oc4ccc(Oc5ccc(C(C)(C)C)cc5)cc4)cc3)cc2)cc1. The van der Waals surface area contributed by atoms with Crippen LogP contribution < -0.4 is 23.7 Å². The topological polar surface area (TPSA) is 46.2 Å². The van der Waals surface area contributed by atoms with Crippen molar-refractivity contribution in [2.24, 2.45) is 0 Å². The highest BCUT2D eigenvalue weighted by molar-refractivity contribution is 5.42. The van der Waals surface area contributed by atoms with Crippen LogP contribution in [0.25, 0.3) is 0 Å². The zero-order chi connectivity index (χ0) is 30.5. The maximum absolute atomic E-state index is 6.01. The molecule has 5 aromatic rings. The first kappa shape index (κ1) is 29.6. The Morgan fingerprint density at radius 3 is 0.721 bits per heavy atom. The van der Waals surface area contributed by atoms with Gasteiger partial charge < -0.3 is 23.7 Å². The monoisotopic (exact) mass is 574 g/mol. The lowest BCUT2D eigenvalue weighted by Gasteiger charge is -2.21. The Balaban J connectivity index is 1.11. The number of hydrogen-bond acceptors (Lipinski definition) is 5. The van der Waals surface area contributed by atoms with Crippen molar-refractivity contribution in [2.75, 3.05) is 0 Å². The predicted molar refractivity (Wildman–Crippen MR) is 172 cm³/mol. The van der Waals surface area contributed by atoms with Crippen molar-refractivity contribution >= 4 is 0 Å². The molecule has 0 unspecified atom stereocenters. The highest BCUT2D eigenvalue weighted by atomic mass is 16.5. The molecule has 0 bridgehead atoms. The van der Waals surface area contributed by atoms with Crippen molar-refractivity contribution in [3.63, 3.8) is 0 Å². The van der Waals surface area contributed by atoms with E-state index in [2.05, 4.69) is 32.9 Å². The van der Waals surface area contributed by atoms with E-state index in [0.29, 0.717) is 17.2 Å². The molecule has 0 heterocycles. The molecule has 0 spiro atoms. The maximum atomic E-state index is 6.01. The third-order valence-electron chi connectivity index (χ3n) is 6.38. The third kappa shape index (κ3) is 8.79. The Labute approximate surface area is 254 Å². The Morgan fingerprint density at radius 1 is 0.302 bits per heavy atom. The van der Waals surface area contributed by atoms with Crippen molar-refractivity contribution in [1.82, 2.24) is 0 Å². The van der Waals surface area contributed by atoms with Gasteiger partial charge in [0, 0.05) is 0 Å². The van der Waals surface area contributed by atoms with E-state index in [0.717, 1.165) is 34.5 Å². The van der Waals surface area contributed by atoms with Crippen molar-refractivity contribution in [2.45, 2.75) is 52.6 Å². The van der Waals surface area contributed by atoms with E-state index in [9.17, 15) is 0 Å². The zero-order valence-corrected chi connectivity index (χ0v) is 25.6. The van der Waals surface area contributed by atoms with Crippen LogP contribution in [0, 0.1) is 0 Å². The van der Waals surface area contributed by atoms with Gasteiger partial charge in [0.1, 0.15) is 57.3 Å². The standard InChI is InChI=1S/C38H38O5/c1-37(2,3)27-7-9-28(10-8-27)39-29-11-13-30(14-12-29)40-31-15-17-32(18-16-31)41-33-19-21-34(22-20-33)42-35-23-25-36(26-24-35)43-38(4,5)6/h7-26H,1-6H3. The minimum atomic E-state index is -0.242. The van der Waals surface area contributed by atoms with E-state index in [4.69, 9.17) is 23.7 Å². The number of rotatable bonds is 9. The molecule has 0 N–H and O–H groups in total. The zero-order valence-electron chi connectivity index (χ0n) is 25.6. The summed E-state index contributed by atoms with van der Waals surface area (Å²) in [4.78, 5) is 0. The van der Waals surface area contributed by atoms with Gasteiger partial charge in [0.05, 0.1) is 0 Å². The van der Waals surface area contributed by atoms with Gasteiger partial charge in [-0.3, -0.25) is 0 Å². The number of ether oxygens (including phenoxy) is 5. The maximum Gasteiger partial charge on any atom is 0.127 e. The van der Waals surface area contributed by atoms with Gasteiger partial charge >= 0.3 is 0 Å². The smallest absolute Gasteiger partial charge is 0.127 e. The fraction of sp³-hybridized carbons (Fsp3) is 0.211. The molecule has 0 atom stereocenters. The summed E-state index contributed by atoms with van der Waals surface area (Å²) in [6.07, 6.45) is 0. The number of hydrogen-bond donors (Lipinski definition) is 0. The van der Waals surface area contributed by atoms with Gasteiger partial charge in [-0.25, -0.2) is 0 Å². The van der Waals surface area contributed by atoms with Crippen molar-refractivity contribution in [3.05, 3.63) is 127 Å². The molecule has 0 aliphatic rings. The van der Waals surface area contributed by atoms with Gasteiger partial charge in [-0.15, -0.1) is 0 Å². The Bertz CT molecular complexity index is 1590.